The maximum atomic E-state index is 11.7. The highest BCUT2D eigenvalue weighted by molar-refractivity contribution is 9.10. The third kappa shape index (κ3) is 2.44. The van der Waals surface area contributed by atoms with Gasteiger partial charge < -0.3 is 9.72 Å². The standard InChI is InChI=1S/C13H11BrN4O2/c1-18-3-2-8(17-18)6-20-12-5-11-9(4-10(12)14)13(19)16-7-15-11/h2-5,7H,6H2,1H3,(H,15,16,19). The van der Waals surface area contributed by atoms with Gasteiger partial charge in [-0.1, -0.05) is 0 Å². The number of nitrogens with zero attached hydrogens (tertiary/aromatic N) is 3. The van der Waals surface area contributed by atoms with Crippen molar-refractivity contribution in [2.24, 2.45) is 7.05 Å². The molecule has 2 aromatic heterocycles. The van der Waals surface area contributed by atoms with Crippen molar-refractivity contribution in [1.82, 2.24) is 19.7 Å². The van der Waals surface area contributed by atoms with Crippen LogP contribution in [-0.2, 0) is 13.7 Å². The molecule has 3 aromatic rings. The molecule has 0 spiro atoms. The van der Waals surface area contributed by atoms with Crippen molar-refractivity contribution >= 4 is 26.8 Å². The minimum absolute atomic E-state index is 0.174. The molecule has 0 radical (unpaired) electrons. The van der Waals surface area contributed by atoms with E-state index in [9.17, 15) is 4.79 Å². The van der Waals surface area contributed by atoms with E-state index in [-0.39, 0.29) is 5.56 Å². The first kappa shape index (κ1) is 12.9. The number of benzene rings is 1. The van der Waals surface area contributed by atoms with E-state index in [0.29, 0.717) is 27.7 Å². The first-order valence-electron chi connectivity index (χ1n) is 5.92. The molecule has 7 heteroatoms. The lowest BCUT2D eigenvalue weighted by Crippen LogP contribution is -2.06. The summed E-state index contributed by atoms with van der Waals surface area (Å²) in [5, 5.41) is 4.76. The van der Waals surface area contributed by atoms with Crippen LogP contribution < -0.4 is 10.3 Å². The van der Waals surface area contributed by atoms with E-state index in [1.807, 2.05) is 19.3 Å². The maximum absolute atomic E-state index is 11.7. The zero-order valence-corrected chi connectivity index (χ0v) is 12.2. The number of ether oxygens (including phenoxy) is 1. The lowest BCUT2D eigenvalue weighted by molar-refractivity contribution is 0.298. The van der Waals surface area contributed by atoms with Gasteiger partial charge in [0.1, 0.15) is 12.4 Å². The molecule has 0 atom stereocenters. The second kappa shape index (κ2) is 5.09. The summed E-state index contributed by atoms with van der Waals surface area (Å²) in [4.78, 5) is 18.3. The van der Waals surface area contributed by atoms with Crippen LogP contribution in [0.4, 0.5) is 0 Å². The van der Waals surface area contributed by atoms with Crippen LogP contribution >= 0.6 is 15.9 Å². The fraction of sp³-hybridized carbons (Fsp3) is 0.154. The SMILES string of the molecule is Cn1ccc(COc2cc3nc[nH]c(=O)c3cc2Br)n1. The van der Waals surface area contributed by atoms with Crippen LogP contribution in [-0.4, -0.2) is 19.7 Å². The monoisotopic (exact) mass is 334 g/mol. The fourth-order valence-corrected chi connectivity index (χ4v) is 2.33. The van der Waals surface area contributed by atoms with Gasteiger partial charge in [-0.05, 0) is 28.1 Å². The molecule has 0 aliphatic rings. The van der Waals surface area contributed by atoms with Crippen LogP contribution in [0.5, 0.6) is 5.75 Å². The zero-order chi connectivity index (χ0) is 14.1. The molecule has 0 saturated carbocycles. The van der Waals surface area contributed by atoms with Crippen molar-refractivity contribution in [2.75, 3.05) is 0 Å². The van der Waals surface area contributed by atoms with E-state index in [1.54, 1.807) is 16.8 Å². The molecule has 20 heavy (non-hydrogen) atoms. The normalized spacial score (nSPS) is 10.9. The van der Waals surface area contributed by atoms with Crippen molar-refractivity contribution in [3.63, 3.8) is 0 Å². The van der Waals surface area contributed by atoms with Gasteiger partial charge in [-0.2, -0.15) is 5.10 Å². The van der Waals surface area contributed by atoms with Gasteiger partial charge in [0, 0.05) is 19.3 Å². The molecule has 102 valence electrons. The molecule has 6 nitrogen and oxygen atoms in total. The van der Waals surface area contributed by atoms with E-state index in [2.05, 4.69) is 31.0 Å². The third-order valence-electron chi connectivity index (χ3n) is 2.84. The van der Waals surface area contributed by atoms with Crippen LogP contribution in [0.3, 0.4) is 0 Å². The van der Waals surface area contributed by atoms with Crippen LogP contribution in [0.25, 0.3) is 10.9 Å². The van der Waals surface area contributed by atoms with E-state index < -0.39 is 0 Å². The Morgan fingerprint density at radius 1 is 1.45 bits per heavy atom. The minimum Gasteiger partial charge on any atom is -0.486 e. The van der Waals surface area contributed by atoms with E-state index in [0.717, 1.165) is 5.69 Å². The third-order valence-corrected chi connectivity index (χ3v) is 3.46. The summed E-state index contributed by atoms with van der Waals surface area (Å²) in [5.74, 6) is 0.626. The van der Waals surface area contributed by atoms with Crippen molar-refractivity contribution in [3.8, 4) is 5.75 Å². The van der Waals surface area contributed by atoms with Gasteiger partial charge >= 0.3 is 0 Å². The molecule has 1 N–H and O–H groups in total. The molecule has 0 aliphatic heterocycles. The van der Waals surface area contributed by atoms with Gasteiger partial charge in [0.15, 0.2) is 0 Å². The molecular weight excluding hydrogens is 324 g/mol. The van der Waals surface area contributed by atoms with Gasteiger partial charge in [0.05, 0.1) is 27.4 Å². The van der Waals surface area contributed by atoms with Gasteiger partial charge in [-0.25, -0.2) is 4.98 Å². The number of halogens is 1. The number of aromatic amines is 1. The van der Waals surface area contributed by atoms with Crippen molar-refractivity contribution in [3.05, 3.63) is 51.2 Å². The highest BCUT2D eigenvalue weighted by Crippen LogP contribution is 2.28. The summed E-state index contributed by atoms with van der Waals surface area (Å²) >= 11 is 3.40. The number of aryl methyl sites for hydroxylation is 1. The number of hydrogen-bond donors (Lipinski definition) is 1. The van der Waals surface area contributed by atoms with Crippen molar-refractivity contribution in [2.45, 2.75) is 6.61 Å². The lowest BCUT2D eigenvalue weighted by atomic mass is 10.2. The highest BCUT2D eigenvalue weighted by Gasteiger charge is 2.08. The number of nitrogens with one attached hydrogen (secondary N) is 1. The van der Waals surface area contributed by atoms with Gasteiger partial charge in [-0.15, -0.1) is 0 Å². The van der Waals surface area contributed by atoms with Crippen LogP contribution in [0.2, 0.25) is 0 Å². The molecule has 0 bridgehead atoms. The summed E-state index contributed by atoms with van der Waals surface area (Å²) < 4.78 is 8.13. The Hall–Kier alpha value is -2.15. The second-order valence-corrected chi connectivity index (χ2v) is 5.16. The molecule has 0 fully saturated rings. The fourth-order valence-electron chi connectivity index (χ4n) is 1.87. The van der Waals surface area contributed by atoms with Crippen molar-refractivity contribution < 1.29 is 4.74 Å². The number of hydrogen-bond acceptors (Lipinski definition) is 4. The molecule has 0 saturated heterocycles. The average Bonchev–Trinajstić information content (AvgIpc) is 2.83. The summed E-state index contributed by atoms with van der Waals surface area (Å²) in [5.41, 5.74) is 1.25. The molecule has 1 aromatic carbocycles. The second-order valence-electron chi connectivity index (χ2n) is 4.30. The molecule has 0 amide bonds. The number of H-pyrrole nitrogens is 1. The Morgan fingerprint density at radius 3 is 3.05 bits per heavy atom. The molecular formula is C13H11BrN4O2. The molecule has 3 rings (SSSR count). The highest BCUT2D eigenvalue weighted by atomic mass is 79.9. The number of fused-ring (bicyclic) bond motifs is 1. The summed E-state index contributed by atoms with van der Waals surface area (Å²) in [6, 6.07) is 5.32. The Morgan fingerprint density at radius 2 is 2.30 bits per heavy atom. The average molecular weight is 335 g/mol. The Labute approximate surface area is 122 Å². The Bertz CT molecular complexity index is 825. The van der Waals surface area contributed by atoms with Crippen LogP contribution in [0, 0.1) is 0 Å². The van der Waals surface area contributed by atoms with Crippen LogP contribution in [0.1, 0.15) is 5.69 Å². The van der Waals surface area contributed by atoms with Gasteiger partial charge in [0.25, 0.3) is 5.56 Å². The lowest BCUT2D eigenvalue weighted by Gasteiger charge is -2.07. The quantitative estimate of drug-likeness (QED) is 0.795. The number of rotatable bonds is 3. The zero-order valence-electron chi connectivity index (χ0n) is 10.6. The van der Waals surface area contributed by atoms with E-state index in [1.165, 1.54) is 6.33 Å². The molecule has 0 aliphatic carbocycles. The van der Waals surface area contributed by atoms with Crippen LogP contribution in [0.15, 0.2) is 40.0 Å². The molecule has 2 heterocycles. The minimum atomic E-state index is -0.174. The summed E-state index contributed by atoms with van der Waals surface area (Å²) in [7, 11) is 1.85. The molecule has 0 unspecified atom stereocenters. The Balaban J connectivity index is 1.91. The predicted octanol–water partition coefficient (Wildman–Crippen LogP) is 2.00. The maximum Gasteiger partial charge on any atom is 0.258 e. The first-order chi connectivity index (χ1) is 9.63. The first-order valence-corrected chi connectivity index (χ1v) is 6.71. The van der Waals surface area contributed by atoms with Gasteiger partial charge in [-0.3, -0.25) is 9.48 Å². The largest absolute Gasteiger partial charge is 0.486 e. The van der Waals surface area contributed by atoms with E-state index >= 15 is 0 Å². The summed E-state index contributed by atoms with van der Waals surface area (Å²) in [6.45, 7) is 0.355. The van der Waals surface area contributed by atoms with E-state index in [4.69, 9.17) is 4.74 Å². The Kier molecular flexibility index (Phi) is 3.27. The topological polar surface area (TPSA) is 72.8 Å². The predicted molar refractivity (Wildman–Crippen MR) is 77.6 cm³/mol. The number of aromatic nitrogens is 4. The summed E-state index contributed by atoms with van der Waals surface area (Å²) in [6.07, 6.45) is 3.23. The van der Waals surface area contributed by atoms with Crippen molar-refractivity contribution in [1.29, 1.82) is 0 Å². The smallest absolute Gasteiger partial charge is 0.258 e. The van der Waals surface area contributed by atoms with Gasteiger partial charge in [0.2, 0.25) is 0 Å².